The summed E-state index contributed by atoms with van der Waals surface area (Å²) in [5, 5.41) is 13.0. The zero-order valence-electron chi connectivity index (χ0n) is 15.5. The predicted molar refractivity (Wildman–Crippen MR) is 109 cm³/mol. The Morgan fingerprint density at radius 3 is 2.43 bits per heavy atom. The van der Waals surface area contributed by atoms with Gasteiger partial charge in [-0.1, -0.05) is 11.6 Å². The molecule has 1 aliphatic carbocycles. The number of amides is 1. The molecule has 0 atom stereocenters. The molecule has 0 aliphatic heterocycles. The zero-order valence-corrected chi connectivity index (χ0v) is 17.1. The number of anilines is 1. The lowest BCUT2D eigenvalue weighted by Gasteiger charge is -2.29. The average Bonchev–Trinajstić information content (AvgIpc) is 2.58. The van der Waals surface area contributed by atoms with Crippen LogP contribution in [0.5, 0.6) is 0 Å². The Bertz CT molecular complexity index is 953. The van der Waals surface area contributed by atoms with E-state index in [9.17, 15) is 18.7 Å². The van der Waals surface area contributed by atoms with Crippen LogP contribution in [-0.4, -0.2) is 15.8 Å². The highest BCUT2D eigenvalue weighted by Crippen LogP contribution is 2.43. The van der Waals surface area contributed by atoms with E-state index in [0.717, 1.165) is 30.9 Å². The number of allylic oxidation sites excluding steroid dienone is 1. The summed E-state index contributed by atoms with van der Waals surface area (Å²) in [6.45, 7) is 3.65. The molecule has 3 nitrogen and oxygen atoms in total. The van der Waals surface area contributed by atoms with E-state index >= 15 is 0 Å². The SMILES string of the molecule is CC(C)(Sc1cc(C(=O)Nc2ccc(F)c(Cl)c2)ccc1F)C(O)=C1CCC1. The highest BCUT2D eigenvalue weighted by atomic mass is 35.5. The fourth-order valence-electron chi connectivity index (χ4n) is 2.84. The summed E-state index contributed by atoms with van der Waals surface area (Å²) in [5.41, 5.74) is 1.58. The molecule has 3 rings (SSSR count). The van der Waals surface area contributed by atoms with Crippen LogP contribution in [0.2, 0.25) is 5.02 Å². The molecule has 0 radical (unpaired) electrons. The van der Waals surface area contributed by atoms with Crippen LogP contribution in [0.25, 0.3) is 0 Å². The Hall–Kier alpha value is -2.05. The Labute approximate surface area is 171 Å². The van der Waals surface area contributed by atoms with Gasteiger partial charge in [-0.3, -0.25) is 4.79 Å². The van der Waals surface area contributed by atoms with Crippen molar-refractivity contribution in [3.8, 4) is 0 Å². The van der Waals surface area contributed by atoms with E-state index in [4.69, 9.17) is 11.6 Å². The van der Waals surface area contributed by atoms with Crippen molar-refractivity contribution >= 4 is 35.0 Å². The number of aliphatic hydroxyl groups is 1. The number of carbonyl (C=O) groups is 1. The summed E-state index contributed by atoms with van der Waals surface area (Å²) in [5.74, 6) is -1.24. The number of halogens is 3. The minimum absolute atomic E-state index is 0.102. The number of aliphatic hydroxyl groups excluding tert-OH is 1. The predicted octanol–water partition coefficient (Wildman–Crippen LogP) is 6.74. The van der Waals surface area contributed by atoms with E-state index in [1.165, 1.54) is 42.1 Å². The van der Waals surface area contributed by atoms with Gasteiger partial charge >= 0.3 is 0 Å². The second-order valence-electron chi connectivity index (χ2n) is 7.15. The normalized spacial score (nSPS) is 13.8. The Balaban J connectivity index is 1.80. The highest BCUT2D eigenvalue weighted by Gasteiger charge is 2.30. The molecule has 28 heavy (non-hydrogen) atoms. The lowest BCUT2D eigenvalue weighted by Crippen LogP contribution is -2.22. The Morgan fingerprint density at radius 2 is 1.82 bits per heavy atom. The third-order valence-electron chi connectivity index (χ3n) is 4.60. The van der Waals surface area contributed by atoms with Gasteiger partial charge in [-0.2, -0.15) is 0 Å². The summed E-state index contributed by atoms with van der Waals surface area (Å²) >= 11 is 6.89. The van der Waals surface area contributed by atoms with Gasteiger partial charge in [-0.15, -0.1) is 11.8 Å². The molecule has 1 saturated carbocycles. The molecule has 1 aliphatic rings. The van der Waals surface area contributed by atoms with Crippen LogP contribution in [0.4, 0.5) is 14.5 Å². The van der Waals surface area contributed by atoms with Crippen LogP contribution in [0, 0.1) is 11.6 Å². The van der Waals surface area contributed by atoms with Crippen molar-refractivity contribution in [2.45, 2.75) is 42.8 Å². The first-order valence-corrected chi connectivity index (χ1v) is 10.0. The van der Waals surface area contributed by atoms with Gasteiger partial charge < -0.3 is 10.4 Å². The number of hydrogen-bond donors (Lipinski definition) is 2. The van der Waals surface area contributed by atoms with Crippen molar-refractivity contribution in [2.24, 2.45) is 0 Å². The van der Waals surface area contributed by atoms with Crippen LogP contribution >= 0.6 is 23.4 Å². The van der Waals surface area contributed by atoms with Crippen molar-refractivity contribution < 1.29 is 18.7 Å². The number of benzene rings is 2. The minimum Gasteiger partial charge on any atom is -0.511 e. The zero-order chi connectivity index (χ0) is 20.5. The lowest BCUT2D eigenvalue weighted by atomic mass is 9.88. The molecule has 0 saturated heterocycles. The van der Waals surface area contributed by atoms with E-state index in [1.54, 1.807) is 0 Å². The first-order valence-electron chi connectivity index (χ1n) is 8.84. The van der Waals surface area contributed by atoms with E-state index in [2.05, 4.69) is 5.32 Å². The highest BCUT2D eigenvalue weighted by molar-refractivity contribution is 8.00. The third-order valence-corrected chi connectivity index (χ3v) is 6.12. The first kappa shape index (κ1) is 20.7. The molecular weight excluding hydrogens is 404 g/mol. The smallest absolute Gasteiger partial charge is 0.255 e. The van der Waals surface area contributed by atoms with Crippen molar-refractivity contribution in [3.63, 3.8) is 0 Å². The van der Waals surface area contributed by atoms with Crippen molar-refractivity contribution in [2.75, 3.05) is 5.32 Å². The monoisotopic (exact) mass is 423 g/mol. The summed E-state index contributed by atoms with van der Waals surface area (Å²) in [7, 11) is 0. The van der Waals surface area contributed by atoms with Gasteiger partial charge in [0.25, 0.3) is 5.91 Å². The molecule has 2 N–H and O–H groups in total. The summed E-state index contributed by atoms with van der Waals surface area (Å²) in [6.07, 6.45) is 2.78. The first-order chi connectivity index (χ1) is 13.2. The molecule has 1 fully saturated rings. The number of nitrogens with one attached hydrogen (secondary N) is 1. The fourth-order valence-corrected chi connectivity index (χ4v) is 4.16. The third kappa shape index (κ3) is 4.50. The molecule has 0 heterocycles. The van der Waals surface area contributed by atoms with Crippen LogP contribution in [0.15, 0.2) is 52.6 Å². The number of rotatable bonds is 5. The van der Waals surface area contributed by atoms with E-state index in [1.807, 2.05) is 13.8 Å². The van der Waals surface area contributed by atoms with E-state index in [0.29, 0.717) is 5.69 Å². The van der Waals surface area contributed by atoms with E-state index < -0.39 is 22.3 Å². The van der Waals surface area contributed by atoms with Gasteiger partial charge in [-0.05, 0) is 75.1 Å². The van der Waals surface area contributed by atoms with Gasteiger partial charge in [0, 0.05) is 16.1 Å². The molecule has 7 heteroatoms. The summed E-state index contributed by atoms with van der Waals surface area (Å²) < 4.78 is 26.9. The van der Waals surface area contributed by atoms with Gasteiger partial charge in [0.2, 0.25) is 0 Å². The maximum atomic E-state index is 14.3. The summed E-state index contributed by atoms with van der Waals surface area (Å²) in [6, 6.07) is 7.89. The molecule has 0 bridgehead atoms. The van der Waals surface area contributed by atoms with Gasteiger partial charge in [0.15, 0.2) is 0 Å². The van der Waals surface area contributed by atoms with Crippen molar-refractivity contribution in [1.29, 1.82) is 0 Å². The van der Waals surface area contributed by atoms with Crippen LogP contribution in [0.1, 0.15) is 43.5 Å². The molecule has 0 unspecified atom stereocenters. The average molecular weight is 424 g/mol. The van der Waals surface area contributed by atoms with Crippen LogP contribution in [-0.2, 0) is 0 Å². The maximum Gasteiger partial charge on any atom is 0.255 e. The molecular formula is C21H20ClF2NO2S. The van der Waals surface area contributed by atoms with Gasteiger partial charge in [0.1, 0.15) is 17.4 Å². The molecule has 2 aromatic carbocycles. The molecule has 148 valence electrons. The molecule has 0 aromatic heterocycles. The lowest BCUT2D eigenvalue weighted by molar-refractivity contribution is 0.102. The standard InChI is InChI=1S/C21H20ClF2NO2S/c1-21(2,19(26)12-4-3-5-12)28-18-10-13(6-8-17(18)24)20(27)25-14-7-9-16(23)15(22)11-14/h6-11,26H,3-5H2,1-2H3,(H,25,27). The second kappa shape index (κ2) is 8.13. The largest absolute Gasteiger partial charge is 0.511 e. The topological polar surface area (TPSA) is 49.3 Å². The van der Waals surface area contributed by atoms with Gasteiger partial charge in [0.05, 0.1) is 9.77 Å². The Morgan fingerprint density at radius 1 is 1.14 bits per heavy atom. The molecule has 0 spiro atoms. The summed E-state index contributed by atoms with van der Waals surface area (Å²) in [4.78, 5) is 12.8. The number of thioether (sulfide) groups is 1. The maximum absolute atomic E-state index is 14.3. The Kier molecular flexibility index (Phi) is 6.01. The van der Waals surface area contributed by atoms with Crippen LogP contribution < -0.4 is 5.32 Å². The number of carbonyl (C=O) groups excluding carboxylic acids is 1. The number of hydrogen-bond acceptors (Lipinski definition) is 3. The van der Waals surface area contributed by atoms with Crippen molar-refractivity contribution in [3.05, 3.63) is 70.0 Å². The second-order valence-corrected chi connectivity index (χ2v) is 9.22. The minimum atomic E-state index is -0.712. The molecule has 2 aromatic rings. The van der Waals surface area contributed by atoms with E-state index in [-0.39, 0.29) is 21.2 Å². The van der Waals surface area contributed by atoms with Crippen molar-refractivity contribution in [1.82, 2.24) is 0 Å². The van der Waals surface area contributed by atoms with Gasteiger partial charge in [-0.25, -0.2) is 8.78 Å². The fraction of sp³-hybridized carbons (Fsp3) is 0.286. The quantitative estimate of drug-likeness (QED) is 0.413. The molecule has 1 amide bonds. The van der Waals surface area contributed by atoms with Crippen LogP contribution in [0.3, 0.4) is 0 Å².